The molecule has 1 saturated carbocycles. The topological polar surface area (TPSA) is 54.0 Å². The SMILES string of the molecule is N#Cc1ccccc1-c1cccc(-c2cnc3nc(C4CCC4)ccn23)c1. The Morgan fingerprint density at radius 1 is 1.00 bits per heavy atom. The lowest BCUT2D eigenvalue weighted by molar-refractivity contribution is 0.411. The molecule has 0 unspecified atom stereocenters. The van der Waals surface area contributed by atoms with E-state index in [1.807, 2.05) is 47.0 Å². The number of nitriles is 1. The van der Waals surface area contributed by atoms with Crippen molar-refractivity contribution in [3.05, 3.63) is 78.2 Å². The minimum Gasteiger partial charge on any atom is -0.284 e. The molecular formula is C23H18N4. The summed E-state index contributed by atoms with van der Waals surface area (Å²) in [6.45, 7) is 0. The summed E-state index contributed by atoms with van der Waals surface area (Å²) in [6.07, 6.45) is 7.72. The normalized spacial score (nSPS) is 14.0. The van der Waals surface area contributed by atoms with E-state index in [0.29, 0.717) is 11.5 Å². The van der Waals surface area contributed by atoms with Gasteiger partial charge in [-0.2, -0.15) is 5.26 Å². The van der Waals surface area contributed by atoms with Crippen LogP contribution in [0.15, 0.2) is 67.0 Å². The predicted molar refractivity (Wildman–Crippen MR) is 105 cm³/mol. The van der Waals surface area contributed by atoms with Gasteiger partial charge in [-0.25, -0.2) is 9.97 Å². The predicted octanol–water partition coefficient (Wildman–Crippen LogP) is 5.20. The molecule has 2 heterocycles. The summed E-state index contributed by atoms with van der Waals surface area (Å²) in [4.78, 5) is 9.29. The van der Waals surface area contributed by atoms with Crippen LogP contribution in [0.1, 0.15) is 36.4 Å². The van der Waals surface area contributed by atoms with Crippen molar-refractivity contribution in [2.24, 2.45) is 0 Å². The van der Waals surface area contributed by atoms with Gasteiger partial charge in [0.15, 0.2) is 0 Å². The van der Waals surface area contributed by atoms with Gasteiger partial charge in [0, 0.05) is 23.4 Å². The van der Waals surface area contributed by atoms with Crippen LogP contribution in [-0.4, -0.2) is 14.4 Å². The van der Waals surface area contributed by atoms with Crippen molar-refractivity contribution in [2.45, 2.75) is 25.2 Å². The molecule has 0 atom stereocenters. The first kappa shape index (κ1) is 15.8. The van der Waals surface area contributed by atoms with Crippen LogP contribution in [0.4, 0.5) is 0 Å². The number of rotatable bonds is 3. The molecule has 0 N–H and O–H groups in total. The van der Waals surface area contributed by atoms with Crippen molar-refractivity contribution in [1.29, 1.82) is 5.26 Å². The largest absolute Gasteiger partial charge is 0.284 e. The fraction of sp³-hybridized carbons (Fsp3) is 0.174. The minimum atomic E-state index is 0.598. The molecule has 0 spiro atoms. The van der Waals surface area contributed by atoms with Crippen LogP contribution < -0.4 is 0 Å². The molecule has 1 aliphatic carbocycles. The van der Waals surface area contributed by atoms with Crippen LogP contribution in [0.2, 0.25) is 0 Å². The summed E-state index contributed by atoms with van der Waals surface area (Å²) in [5.41, 5.74) is 5.88. The van der Waals surface area contributed by atoms with Crippen molar-refractivity contribution in [3.8, 4) is 28.5 Å². The monoisotopic (exact) mass is 350 g/mol. The molecule has 4 heteroatoms. The Labute approximate surface area is 157 Å². The van der Waals surface area contributed by atoms with Crippen LogP contribution in [0.5, 0.6) is 0 Å². The van der Waals surface area contributed by atoms with Gasteiger partial charge in [0.05, 0.1) is 23.5 Å². The Morgan fingerprint density at radius 3 is 2.67 bits per heavy atom. The van der Waals surface area contributed by atoms with Crippen molar-refractivity contribution in [1.82, 2.24) is 14.4 Å². The van der Waals surface area contributed by atoms with Gasteiger partial charge in [-0.15, -0.1) is 0 Å². The summed E-state index contributed by atoms with van der Waals surface area (Å²) >= 11 is 0. The third-order valence-electron chi connectivity index (χ3n) is 5.44. The maximum atomic E-state index is 9.40. The zero-order valence-corrected chi connectivity index (χ0v) is 14.8. The summed E-state index contributed by atoms with van der Waals surface area (Å²) in [6, 6.07) is 20.3. The maximum absolute atomic E-state index is 9.40. The third kappa shape index (κ3) is 2.69. The van der Waals surface area contributed by atoms with Crippen LogP contribution in [0.25, 0.3) is 28.2 Å². The molecular weight excluding hydrogens is 332 g/mol. The first-order chi connectivity index (χ1) is 13.3. The zero-order valence-electron chi connectivity index (χ0n) is 14.8. The number of aromatic nitrogens is 3. The number of nitrogens with zero attached hydrogens (tertiary/aromatic N) is 4. The van der Waals surface area contributed by atoms with E-state index in [1.165, 1.54) is 19.3 Å². The van der Waals surface area contributed by atoms with Crippen LogP contribution in [-0.2, 0) is 0 Å². The van der Waals surface area contributed by atoms with E-state index in [1.54, 1.807) is 0 Å². The average molecular weight is 350 g/mol. The Hall–Kier alpha value is -3.45. The van der Waals surface area contributed by atoms with Crippen molar-refractivity contribution < 1.29 is 0 Å². The van der Waals surface area contributed by atoms with Crippen molar-refractivity contribution in [3.63, 3.8) is 0 Å². The van der Waals surface area contributed by atoms with Crippen molar-refractivity contribution >= 4 is 5.78 Å². The van der Waals surface area contributed by atoms with Gasteiger partial charge in [0.25, 0.3) is 0 Å². The summed E-state index contributed by atoms with van der Waals surface area (Å²) in [5, 5.41) is 9.40. The highest BCUT2D eigenvalue weighted by atomic mass is 15.1. The van der Waals surface area contributed by atoms with Gasteiger partial charge >= 0.3 is 0 Å². The van der Waals surface area contributed by atoms with Crippen LogP contribution in [0.3, 0.4) is 0 Å². The third-order valence-corrected chi connectivity index (χ3v) is 5.44. The van der Waals surface area contributed by atoms with E-state index in [9.17, 15) is 5.26 Å². The fourth-order valence-corrected chi connectivity index (χ4v) is 3.71. The quantitative estimate of drug-likeness (QED) is 0.510. The fourth-order valence-electron chi connectivity index (χ4n) is 3.71. The van der Waals surface area contributed by atoms with Gasteiger partial charge in [0.2, 0.25) is 5.78 Å². The highest BCUT2D eigenvalue weighted by Crippen LogP contribution is 2.35. The summed E-state index contributed by atoms with van der Waals surface area (Å²) in [7, 11) is 0. The molecule has 5 rings (SSSR count). The summed E-state index contributed by atoms with van der Waals surface area (Å²) < 4.78 is 2.04. The first-order valence-corrected chi connectivity index (χ1v) is 9.27. The Kier molecular flexibility index (Phi) is 3.72. The highest BCUT2D eigenvalue weighted by Gasteiger charge is 2.21. The number of benzene rings is 2. The molecule has 0 amide bonds. The molecule has 4 aromatic rings. The van der Waals surface area contributed by atoms with Gasteiger partial charge in [0.1, 0.15) is 0 Å². The number of imidazole rings is 1. The lowest BCUT2D eigenvalue weighted by atomic mass is 9.83. The molecule has 0 aliphatic heterocycles. The second-order valence-electron chi connectivity index (χ2n) is 7.03. The van der Waals surface area contributed by atoms with Gasteiger partial charge in [-0.3, -0.25) is 4.40 Å². The zero-order chi connectivity index (χ0) is 18.2. The van der Waals surface area contributed by atoms with E-state index >= 15 is 0 Å². The molecule has 130 valence electrons. The van der Waals surface area contributed by atoms with Crippen molar-refractivity contribution in [2.75, 3.05) is 0 Å². The molecule has 0 bridgehead atoms. The molecule has 2 aromatic carbocycles. The molecule has 1 aliphatic rings. The van der Waals surface area contributed by atoms with E-state index in [4.69, 9.17) is 4.98 Å². The second kappa shape index (κ2) is 6.37. The number of fused-ring (bicyclic) bond motifs is 1. The molecule has 0 radical (unpaired) electrons. The number of hydrogen-bond donors (Lipinski definition) is 0. The second-order valence-corrected chi connectivity index (χ2v) is 7.03. The van der Waals surface area contributed by atoms with E-state index in [0.717, 1.165) is 33.9 Å². The Morgan fingerprint density at radius 2 is 1.85 bits per heavy atom. The minimum absolute atomic E-state index is 0.598. The van der Waals surface area contributed by atoms with E-state index < -0.39 is 0 Å². The lowest BCUT2D eigenvalue weighted by Crippen LogP contribution is -2.11. The standard InChI is InChI=1S/C23H18N4/c24-14-19-5-1-2-10-20(19)17-8-4-9-18(13-17)22-15-25-23-26-21(11-12-27(22)23)16-6-3-7-16/h1-2,4-5,8-13,15-16H,3,6-7H2. The smallest absolute Gasteiger partial charge is 0.234 e. The summed E-state index contributed by atoms with van der Waals surface area (Å²) in [5.74, 6) is 1.35. The molecule has 4 nitrogen and oxygen atoms in total. The highest BCUT2D eigenvalue weighted by molar-refractivity contribution is 5.75. The van der Waals surface area contributed by atoms with E-state index in [2.05, 4.69) is 35.4 Å². The Balaban J connectivity index is 1.58. The molecule has 2 aromatic heterocycles. The number of hydrogen-bond acceptors (Lipinski definition) is 3. The maximum Gasteiger partial charge on any atom is 0.234 e. The first-order valence-electron chi connectivity index (χ1n) is 9.27. The molecule has 1 fully saturated rings. The molecule has 27 heavy (non-hydrogen) atoms. The Bertz CT molecular complexity index is 1180. The average Bonchev–Trinajstić information content (AvgIpc) is 3.10. The van der Waals surface area contributed by atoms with E-state index in [-0.39, 0.29) is 0 Å². The lowest BCUT2D eigenvalue weighted by Gasteiger charge is -2.24. The van der Waals surface area contributed by atoms with Gasteiger partial charge < -0.3 is 0 Å². The van der Waals surface area contributed by atoms with Crippen LogP contribution >= 0.6 is 0 Å². The van der Waals surface area contributed by atoms with Gasteiger partial charge in [-0.1, -0.05) is 42.8 Å². The molecule has 0 saturated heterocycles. The van der Waals surface area contributed by atoms with Gasteiger partial charge in [-0.05, 0) is 42.2 Å². The van der Waals surface area contributed by atoms with Crippen LogP contribution in [0, 0.1) is 11.3 Å².